The van der Waals surface area contributed by atoms with Gasteiger partial charge in [0.05, 0.1) is 5.60 Å². The van der Waals surface area contributed by atoms with E-state index in [1.807, 2.05) is 13.8 Å². The van der Waals surface area contributed by atoms with Crippen molar-refractivity contribution in [3.63, 3.8) is 0 Å². The third-order valence-electron chi connectivity index (χ3n) is 3.19. The van der Waals surface area contributed by atoms with Gasteiger partial charge in [-0.3, -0.25) is 0 Å². The van der Waals surface area contributed by atoms with E-state index < -0.39 is 17.1 Å². The van der Waals surface area contributed by atoms with E-state index in [9.17, 15) is 9.90 Å². The standard InChI is InChI=1S/C12H19NO3S/c1-11(2,12(3,4)16)13-7-8-5-6-17-9(8)10(14)15/h5-6,13,16H,7H2,1-4H3,(H,14,15). The smallest absolute Gasteiger partial charge is 0.346 e. The van der Waals surface area contributed by atoms with Crippen LogP contribution >= 0.6 is 11.3 Å². The molecule has 3 N–H and O–H groups in total. The second kappa shape index (κ2) is 4.76. The number of carboxylic acids is 1. The van der Waals surface area contributed by atoms with Crippen LogP contribution < -0.4 is 5.32 Å². The largest absolute Gasteiger partial charge is 0.477 e. The van der Waals surface area contributed by atoms with Crippen LogP contribution in [0.1, 0.15) is 42.9 Å². The molecular weight excluding hydrogens is 238 g/mol. The molecule has 17 heavy (non-hydrogen) atoms. The SMILES string of the molecule is CC(C)(O)C(C)(C)NCc1ccsc1C(=O)O. The molecule has 0 saturated carbocycles. The molecule has 0 amide bonds. The zero-order valence-electron chi connectivity index (χ0n) is 10.6. The molecule has 1 aromatic heterocycles. The lowest BCUT2D eigenvalue weighted by Gasteiger charge is -2.38. The molecule has 0 aliphatic carbocycles. The zero-order valence-corrected chi connectivity index (χ0v) is 11.4. The average molecular weight is 257 g/mol. The molecule has 0 atom stereocenters. The average Bonchev–Trinajstić information content (AvgIpc) is 2.60. The Morgan fingerprint density at radius 3 is 2.47 bits per heavy atom. The van der Waals surface area contributed by atoms with Crippen molar-refractivity contribution in [1.29, 1.82) is 0 Å². The van der Waals surface area contributed by atoms with Gasteiger partial charge in [0.15, 0.2) is 0 Å². The van der Waals surface area contributed by atoms with Crippen molar-refractivity contribution in [1.82, 2.24) is 5.32 Å². The molecule has 1 rings (SSSR count). The number of carboxylic acid groups (broad SMARTS) is 1. The fourth-order valence-electron chi connectivity index (χ4n) is 1.20. The van der Waals surface area contributed by atoms with Crippen molar-refractivity contribution in [3.8, 4) is 0 Å². The second-order valence-electron chi connectivity index (χ2n) is 5.12. The predicted octanol–water partition coefficient (Wildman–Crippen LogP) is 2.09. The molecular formula is C12H19NO3S. The topological polar surface area (TPSA) is 69.6 Å². The van der Waals surface area contributed by atoms with Crippen LogP contribution in [0.5, 0.6) is 0 Å². The number of thiophene rings is 1. The van der Waals surface area contributed by atoms with Gasteiger partial charge in [-0.2, -0.15) is 0 Å². The van der Waals surface area contributed by atoms with Crippen LogP contribution in [0.2, 0.25) is 0 Å². The third-order valence-corrected chi connectivity index (χ3v) is 4.14. The van der Waals surface area contributed by atoms with E-state index in [1.165, 1.54) is 11.3 Å². The summed E-state index contributed by atoms with van der Waals surface area (Å²) in [6.45, 7) is 7.67. The van der Waals surface area contributed by atoms with Crippen LogP contribution in [0, 0.1) is 0 Å². The molecule has 0 saturated heterocycles. The van der Waals surface area contributed by atoms with E-state index in [0.717, 1.165) is 5.56 Å². The van der Waals surface area contributed by atoms with E-state index in [4.69, 9.17) is 5.11 Å². The van der Waals surface area contributed by atoms with Crippen molar-refractivity contribution in [2.24, 2.45) is 0 Å². The summed E-state index contributed by atoms with van der Waals surface area (Å²) in [6, 6.07) is 1.79. The first kappa shape index (κ1) is 14.2. The Kier molecular flexibility index (Phi) is 3.96. The van der Waals surface area contributed by atoms with Gasteiger partial charge >= 0.3 is 5.97 Å². The van der Waals surface area contributed by atoms with Crippen molar-refractivity contribution in [3.05, 3.63) is 21.9 Å². The quantitative estimate of drug-likeness (QED) is 0.755. The number of hydrogen-bond acceptors (Lipinski definition) is 4. The minimum absolute atomic E-state index is 0.351. The Hall–Kier alpha value is -0.910. The summed E-state index contributed by atoms with van der Waals surface area (Å²) in [5.41, 5.74) is -0.628. The van der Waals surface area contributed by atoms with Crippen molar-refractivity contribution < 1.29 is 15.0 Å². The van der Waals surface area contributed by atoms with Crippen LogP contribution in [0.3, 0.4) is 0 Å². The highest BCUT2D eigenvalue weighted by Crippen LogP contribution is 2.23. The van der Waals surface area contributed by atoms with Crippen LogP contribution in [0.4, 0.5) is 0 Å². The molecule has 0 bridgehead atoms. The molecule has 96 valence electrons. The first-order valence-corrected chi connectivity index (χ1v) is 6.30. The Bertz CT molecular complexity index is 404. The summed E-state index contributed by atoms with van der Waals surface area (Å²) in [5.74, 6) is -0.905. The van der Waals surface area contributed by atoms with E-state index in [-0.39, 0.29) is 0 Å². The summed E-state index contributed by atoms with van der Waals surface area (Å²) in [6.07, 6.45) is 0. The molecule has 0 fully saturated rings. The fraction of sp³-hybridized carbons (Fsp3) is 0.583. The Morgan fingerprint density at radius 1 is 1.41 bits per heavy atom. The van der Waals surface area contributed by atoms with Crippen LogP contribution in [0.15, 0.2) is 11.4 Å². The Labute approximate surface area is 105 Å². The zero-order chi connectivity index (χ0) is 13.3. The maximum absolute atomic E-state index is 10.9. The normalized spacial score (nSPS) is 12.8. The highest BCUT2D eigenvalue weighted by Gasteiger charge is 2.34. The number of carbonyl (C=O) groups is 1. The molecule has 5 heteroatoms. The van der Waals surface area contributed by atoms with E-state index in [2.05, 4.69) is 5.32 Å². The lowest BCUT2D eigenvalue weighted by molar-refractivity contribution is -0.00532. The number of aliphatic hydroxyl groups is 1. The van der Waals surface area contributed by atoms with Crippen LogP contribution in [0.25, 0.3) is 0 Å². The lowest BCUT2D eigenvalue weighted by Crippen LogP contribution is -2.55. The predicted molar refractivity (Wildman–Crippen MR) is 68.5 cm³/mol. The van der Waals surface area contributed by atoms with Gasteiger partial charge in [-0.25, -0.2) is 4.79 Å². The highest BCUT2D eigenvalue weighted by atomic mass is 32.1. The summed E-state index contributed by atoms with van der Waals surface area (Å²) < 4.78 is 0. The van der Waals surface area contributed by atoms with Gasteiger partial charge in [0, 0.05) is 12.1 Å². The van der Waals surface area contributed by atoms with Gasteiger partial charge < -0.3 is 15.5 Å². The first-order chi connectivity index (χ1) is 7.65. The maximum atomic E-state index is 10.9. The molecule has 0 spiro atoms. The van der Waals surface area contributed by atoms with Crippen molar-refractivity contribution >= 4 is 17.3 Å². The van der Waals surface area contributed by atoms with E-state index in [0.29, 0.717) is 11.4 Å². The molecule has 4 nitrogen and oxygen atoms in total. The fourth-order valence-corrected chi connectivity index (χ4v) is 1.96. The van der Waals surface area contributed by atoms with Crippen LogP contribution in [-0.4, -0.2) is 27.3 Å². The van der Waals surface area contributed by atoms with E-state index in [1.54, 1.807) is 25.3 Å². The Balaban J connectivity index is 2.74. The molecule has 0 aliphatic heterocycles. The van der Waals surface area contributed by atoms with Gasteiger partial charge in [0.25, 0.3) is 0 Å². The van der Waals surface area contributed by atoms with Gasteiger partial charge in [0.2, 0.25) is 0 Å². The summed E-state index contributed by atoms with van der Waals surface area (Å²) in [4.78, 5) is 11.3. The van der Waals surface area contributed by atoms with Crippen molar-refractivity contribution in [2.75, 3.05) is 0 Å². The summed E-state index contributed by atoms with van der Waals surface area (Å²) in [5, 5.41) is 23.9. The molecule has 1 heterocycles. The summed E-state index contributed by atoms with van der Waals surface area (Å²) in [7, 11) is 0. The lowest BCUT2D eigenvalue weighted by atomic mass is 9.86. The van der Waals surface area contributed by atoms with Crippen molar-refractivity contribution in [2.45, 2.75) is 45.4 Å². The van der Waals surface area contributed by atoms with Gasteiger partial charge in [0.1, 0.15) is 4.88 Å². The van der Waals surface area contributed by atoms with Crippen LogP contribution in [-0.2, 0) is 6.54 Å². The molecule has 0 radical (unpaired) electrons. The first-order valence-electron chi connectivity index (χ1n) is 5.42. The van der Waals surface area contributed by atoms with Gasteiger partial charge in [-0.05, 0) is 44.7 Å². The summed E-state index contributed by atoms with van der Waals surface area (Å²) >= 11 is 1.21. The van der Waals surface area contributed by atoms with Gasteiger partial charge in [-0.15, -0.1) is 11.3 Å². The number of aromatic carboxylic acids is 1. The number of rotatable bonds is 5. The maximum Gasteiger partial charge on any atom is 0.346 e. The minimum atomic E-state index is -0.905. The monoisotopic (exact) mass is 257 g/mol. The minimum Gasteiger partial charge on any atom is -0.477 e. The number of hydrogen-bond donors (Lipinski definition) is 3. The highest BCUT2D eigenvalue weighted by molar-refractivity contribution is 7.12. The third kappa shape index (κ3) is 3.28. The Morgan fingerprint density at radius 2 is 2.00 bits per heavy atom. The molecule has 1 aromatic rings. The molecule has 0 unspecified atom stereocenters. The van der Waals surface area contributed by atoms with E-state index >= 15 is 0 Å². The molecule has 0 aliphatic rings. The second-order valence-corrected chi connectivity index (χ2v) is 6.03. The molecule has 0 aromatic carbocycles. The number of nitrogens with one attached hydrogen (secondary N) is 1. The van der Waals surface area contributed by atoms with Gasteiger partial charge in [-0.1, -0.05) is 0 Å².